The van der Waals surface area contributed by atoms with Crippen molar-refractivity contribution < 1.29 is 4.39 Å². The molecule has 2 heteroatoms. The molecule has 0 radical (unpaired) electrons. The van der Waals surface area contributed by atoms with Gasteiger partial charge in [-0.3, -0.25) is 0 Å². The van der Waals surface area contributed by atoms with E-state index in [1.54, 1.807) is 6.07 Å². The molecular weight excluding hydrogens is 254 g/mol. The van der Waals surface area contributed by atoms with Gasteiger partial charge < -0.3 is 0 Å². The highest BCUT2D eigenvalue weighted by molar-refractivity contribution is 14.1. The number of halogens is 2. The average molecular weight is 262 g/mol. The van der Waals surface area contributed by atoms with Gasteiger partial charge in [0, 0.05) is 9.13 Å². The van der Waals surface area contributed by atoms with E-state index in [0.29, 0.717) is 5.56 Å². The van der Waals surface area contributed by atoms with Gasteiger partial charge in [-0.2, -0.15) is 0 Å². The van der Waals surface area contributed by atoms with Crippen molar-refractivity contribution >= 4 is 22.6 Å². The highest BCUT2D eigenvalue weighted by atomic mass is 127. The minimum absolute atomic E-state index is 0.697. The van der Waals surface area contributed by atoms with Crippen LogP contribution in [-0.2, 0) is 0 Å². The molecule has 0 fully saturated rings. The van der Waals surface area contributed by atoms with Crippen molar-refractivity contribution in [3.05, 3.63) is 46.1 Å². The van der Waals surface area contributed by atoms with E-state index in [4.69, 9.17) is 0 Å². The topological polar surface area (TPSA) is 0 Å². The Hall–Kier alpha value is -0.380. The van der Waals surface area contributed by atoms with Gasteiger partial charge >= 0.3 is 0 Å². The molecule has 58 valence electrons. The maximum atomic E-state index is 13.0. The standard InChI is InChI=1S/C9H8FI/c1-2-8(10)7-5-3-4-6-9(7)11/h2-6,8H,1H2. The first-order valence-electron chi connectivity index (χ1n) is 3.26. The molecule has 0 saturated carbocycles. The molecule has 0 aliphatic heterocycles. The lowest BCUT2D eigenvalue weighted by Gasteiger charge is -2.04. The van der Waals surface area contributed by atoms with Crippen molar-refractivity contribution in [1.82, 2.24) is 0 Å². The quantitative estimate of drug-likeness (QED) is 0.565. The molecule has 0 bridgehead atoms. The van der Waals surface area contributed by atoms with Crippen LogP contribution in [0.25, 0.3) is 0 Å². The molecule has 1 unspecified atom stereocenters. The number of rotatable bonds is 2. The van der Waals surface area contributed by atoms with Gasteiger partial charge in [0.15, 0.2) is 0 Å². The van der Waals surface area contributed by atoms with Gasteiger partial charge in [-0.15, -0.1) is 0 Å². The lowest BCUT2D eigenvalue weighted by atomic mass is 10.1. The van der Waals surface area contributed by atoms with Crippen LogP contribution in [-0.4, -0.2) is 0 Å². The van der Waals surface area contributed by atoms with Crippen LogP contribution in [0, 0.1) is 3.57 Å². The molecule has 0 spiro atoms. The summed E-state index contributed by atoms with van der Waals surface area (Å²) < 4.78 is 13.9. The van der Waals surface area contributed by atoms with Crippen LogP contribution in [0.1, 0.15) is 11.7 Å². The van der Waals surface area contributed by atoms with Crippen molar-refractivity contribution in [3.8, 4) is 0 Å². The summed E-state index contributed by atoms with van der Waals surface area (Å²) in [6.07, 6.45) is 0.264. The molecule has 0 saturated heterocycles. The number of alkyl halides is 1. The second kappa shape index (κ2) is 3.85. The van der Waals surface area contributed by atoms with Crippen LogP contribution in [0.15, 0.2) is 36.9 Å². The van der Waals surface area contributed by atoms with Gasteiger partial charge in [-0.25, -0.2) is 4.39 Å². The van der Waals surface area contributed by atoms with Crippen LogP contribution < -0.4 is 0 Å². The molecule has 0 aliphatic carbocycles. The monoisotopic (exact) mass is 262 g/mol. The highest BCUT2D eigenvalue weighted by Gasteiger charge is 2.06. The molecule has 1 aromatic carbocycles. The maximum absolute atomic E-state index is 13.0. The van der Waals surface area contributed by atoms with Gasteiger partial charge in [-0.05, 0) is 28.7 Å². The number of benzene rings is 1. The Morgan fingerprint density at radius 2 is 2.09 bits per heavy atom. The molecule has 0 nitrogen and oxygen atoms in total. The van der Waals surface area contributed by atoms with Gasteiger partial charge in [0.25, 0.3) is 0 Å². The van der Waals surface area contributed by atoms with Crippen LogP contribution in [0.5, 0.6) is 0 Å². The Kier molecular flexibility index (Phi) is 3.05. The average Bonchev–Trinajstić information content (AvgIpc) is 2.04. The van der Waals surface area contributed by atoms with Crippen molar-refractivity contribution in [1.29, 1.82) is 0 Å². The zero-order valence-corrected chi connectivity index (χ0v) is 8.08. The lowest BCUT2D eigenvalue weighted by molar-refractivity contribution is 0.413. The zero-order valence-electron chi connectivity index (χ0n) is 5.93. The van der Waals surface area contributed by atoms with E-state index in [1.165, 1.54) is 6.08 Å². The smallest absolute Gasteiger partial charge is 0.144 e. The number of hydrogen-bond acceptors (Lipinski definition) is 0. The summed E-state index contributed by atoms with van der Waals surface area (Å²) in [6.45, 7) is 3.40. The Bertz CT molecular complexity index is 257. The fourth-order valence-electron chi connectivity index (χ4n) is 0.826. The Balaban J connectivity index is 3.02. The lowest BCUT2D eigenvalue weighted by Crippen LogP contribution is -1.89. The molecular formula is C9H8FI. The van der Waals surface area contributed by atoms with Crippen molar-refractivity contribution in [3.63, 3.8) is 0 Å². The molecule has 1 rings (SSSR count). The zero-order chi connectivity index (χ0) is 8.27. The summed E-state index contributed by atoms with van der Waals surface area (Å²) in [5, 5.41) is 0. The third-order valence-electron chi connectivity index (χ3n) is 1.41. The third kappa shape index (κ3) is 2.02. The molecule has 11 heavy (non-hydrogen) atoms. The highest BCUT2D eigenvalue weighted by Crippen LogP contribution is 2.23. The molecule has 0 N–H and O–H groups in total. The summed E-state index contributed by atoms with van der Waals surface area (Å²) in [7, 11) is 0. The predicted octanol–water partition coefficient (Wildman–Crippen LogP) is 3.49. The largest absolute Gasteiger partial charge is 0.238 e. The Morgan fingerprint density at radius 1 is 1.45 bits per heavy atom. The van der Waals surface area contributed by atoms with Crippen molar-refractivity contribution in [2.45, 2.75) is 6.17 Å². The molecule has 0 aliphatic rings. The Morgan fingerprint density at radius 3 is 2.64 bits per heavy atom. The maximum Gasteiger partial charge on any atom is 0.144 e. The second-order valence-electron chi connectivity index (χ2n) is 2.16. The van der Waals surface area contributed by atoms with Gasteiger partial charge in [0.2, 0.25) is 0 Å². The van der Waals surface area contributed by atoms with E-state index in [2.05, 4.69) is 29.2 Å². The summed E-state index contributed by atoms with van der Waals surface area (Å²) in [6, 6.07) is 7.37. The SMILES string of the molecule is C=CC(F)c1ccccc1I. The van der Waals surface area contributed by atoms with Crippen LogP contribution in [0.3, 0.4) is 0 Å². The first-order chi connectivity index (χ1) is 5.25. The third-order valence-corrected chi connectivity index (χ3v) is 2.39. The van der Waals surface area contributed by atoms with Crippen molar-refractivity contribution in [2.24, 2.45) is 0 Å². The van der Waals surface area contributed by atoms with E-state index >= 15 is 0 Å². The molecule has 1 atom stereocenters. The fourth-order valence-corrected chi connectivity index (χ4v) is 1.51. The summed E-state index contributed by atoms with van der Waals surface area (Å²) in [5.41, 5.74) is 0.697. The summed E-state index contributed by atoms with van der Waals surface area (Å²) in [4.78, 5) is 0. The molecule has 0 heterocycles. The first-order valence-corrected chi connectivity index (χ1v) is 4.34. The first kappa shape index (κ1) is 8.71. The van der Waals surface area contributed by atoms with Gasteiger partial charge in [0.1, 0.15) is 6.17 Å². The second-order valence-corrected chi connectivity index (χ2v) is 3.32. The number of allylic oxidation sites excluding steroid dienone is 1. The van der Waals surface area contributed by atoms with Gasteiger partial charge in [0.05, 0.1) is 0 Å². The predicted molar refractivity (Wildman–Crippen MR) is 53.2 cm³/mol. The van der Waals surface area contributed by atoms with E-state index in [-0.39, 0.29) is 0 Å². The fraction of sp³-hybridized carbons (Fsp3) is 0.111. The van der Waals surface area contributed by atoms with Crippen LogP contribution >= 0.6 is 22.6 Å². The van der Waals surface area contributed by atoms with Crippen LogP contribution in [0.4, 0.5) is 4.39 Å². The van der Waals surface area contributed by atoms with E-state index in [1.807, 2.05) is 18.2 Å². The van der Waals surface area contributed by atoms with Crippen LogP contribution in [0.2, 0.25) is 0 Å². The van der Waals surface area contributed by atoms with E-state index in [9.17, 15) is 4.39 Å². The minimum atomic E-state index is -1.04. The Labute approximate surface area is 79.3 Å². The number of hydrogen-bond donors (Lipinski definition) is 0. The summed E-state index contributed by atoms with van der Waals surface area (Å²) in [5.74, 6) is 0. The van der Waals surface area contributed by atoms with E-state index < -0.39 is 6.17 Å². The molecule has 0 aromatic heterocycles. The van der Waals surface area contributed by atoms with Gasteiger partial charge in [-0.1, -0.05) is 30.9 Å². The van der Waals surface area contributed by atoms with E-state index in [0.717, 1.165) is 3.57 Å². The molecule has 1 aromatic rings. The van der Waals surface area contributed by atoms with Crippen molar-refractivity contribution in [2.75, 3.05) is 0 Å². The minimum Gasteiger partial charge on any atom is -0.238 e. The summed E-state index contributed by atoms with van der Waals surface area (Å²) >= 11 is 2.11. The molecule has 0 amide bonds. The normalized spacial score (nSPS) is 12.5.